The van der Waals surface area contributed by atoms with Crippen molar-refractivity contribution in [2.24, 2.45) is 5.92 Å². The molecule has 8 nitrogen and oxygen atoms in total. The Morgan fingerprint density at radius 1 is 0.846 bits per heavy atom. The van der Waals surface area contributed by atoms with Crippen LogP contribution in [0.5, 0.6) is 0 Å². The molecule has 0 aliphatic carbocycles. The summed E-state index contributed by atoms with van der Waals surface area (Å²) >= 11 is 6.61. The Balaban J connectivity index is 0.00000353. The summed E-state index contributed by atoms with van der Waals surface area (Å²) in [5.74, 6) is -0.496. The maximum absolute atomic E-state index is 13.3. The maximum Gasteiger partial charge on any atom is 0.254 e. The van der Waals surface area contributed by atoms with Crippen LogP contribution in [0.2, 0.25) is 5.02 Å². The molecular formula is C29H37Cl2N5O3. The number of hydrogen-bond acceptors (Lipinski definition) is 5. The fourth-order valence-corrected chi connectivity index (χ4v) is 6.03. The summed E-state index contributed by atoms with van der Waals surface area (Å²) in [5, 5.41) is 0.353. The van der Waals surface area contributed by atoms with Crippen LogP contribution in [0.3, 0.4) is 0 Å². The van der Waals surface area contributed by atoms with E-state index in [9.17, 15) is 14.4 Å². The summed E-state index contributed by atoms with van der Waals surface area (Å²) < 4.78 is 0. The number of carbonyl (C=O) groups is 3. The van der Waals surface area contributed by atoms with Gasteiger partial charge in [-0.1, -0.05) is 29.3 Å². The number of carbonyl (C=O) groups excluding carboxylic acids is 3. The molecular weight excluding hydrogens is 537 g/mol. The standard InChI is InChI=1S/C29H36ClN5O3.ClH/c1-20-4-6-25(21(2)16-20)32-12-14-34(15-13-32)28(37)22-5-7-26(24(30)17-22)35-19-23(18-27(35)36)29(38)33-10-8-31(3)9-11-33;/h4-7,16-17,23H,8-15,18-19H2,1-3H3;1H. The first-order valence-corrected chi connectivity index (χ1v) is 13.8. The third kappa shape index (κ3) is 6.18. The second-order valence-electron chi connectivity index (χ2n) is 10.8. The molecule has 1 atom stereocenters. The van der Waals surface area contributed by atoms with E-state index in [2.05, 4.69) is 41.8 Å². The van der Waals surface area contributed by atoms with Gasteiger partial charge in [0.1, 0.15) is 0 Å². The molecule has 1 unspecified atom stereocenters. The van der Waals surface area contributed by atoms with Crippen molar-refractivity contribution < 1.29 is 14.4 Å². The van der Waals surface area contributed by atoms with Crippen molar-refractivity contribution in [3.63, 3.8) is 0 Å². The number of anilines is 2. The summed E-state index contributed by atoms with van der Waals surface area (Å²) in [6.07, 6.45) is 0.187. The number of amides is 3. The first-order chi connectivity index (χ1) is 18.2. The predicted octanol–water partition coefficient (Wildman–Crippen LogP) is 3.47. The van der Waals surface area contributed by atoms with Crippen LogP contribution in [0.25, 0.3) is 0 Å². The zero-order valence-electron chi connectivity index (χ0n) is 22.9. The molecule has 3 aliphatic rings. The van der Waals surface area contributed by atoms with E-state index in [1.54, 1.807) is 23.1 Å². The zero-order valence-corrected chi connectivity index (χ0v) is 24.4. The third-order valence-electron chi connectivity index (χ3n) is 8.03. The van der Waals surface area contributed by atoms with E-state index in [0.717, 1.165) is 26.2 Å². The Morgan fingerprint density at radius 3 is 2.13 bits per heavy atom. The summed E-state index contributed by atoms with van der Waals surface area (Å²) in [6.45, 7) is 10.4. The Bertz CT molecular complexity index is 1240. The highest BCUT2D eigenvalue weighted by Crippen LogP contribution is 2.33. The van der Waals surface area contributed by atoms with Gasteiger partial charge in [-0.3, -0.25) is 14.4 Å². The molecule has 39 heavy (non-hydrogen) atoms. The number of rotatable bonds is 4. The fraction of sp³-hybridized carbons (Fsp3) is 0.483. The third-order valence-corrected chi connectivity index (χ3v) is 8.34. The molecule has 3 heterocycles. The van der Waals surface area contributed by atoms with Crippen LogP contribution in [-0.4, -0.2) is 98.4 Å². The van der Waals surface area contributed by atoms with Crippen LogP contribution in [0.4, 0.5) is 11.4 Å². The molecule has 2 aromatic carbocycles. The van der Waals surface area contributed by atoms with E-state index in [-0.39, 0.29) is 42.5 Å². The molecule has 210 valence electrons. The molecule has 3 aliphatic heterocycles. The van der Waals surface area contributed by atoms with Gasteiger partial charge in [0.25, 0.3) is 5.91 Å². The van der Waals surface area contributed by atoms with Crippen molar-refractivity contribution >= 4 is 53.1 Å². The first kappa shape index (κ1) is 29.2. The zero-order chi connectivity index (χ0) is 27.0. The minimum Gasteiger partial charge on any atom is -0.368 e. The molecule has 0 radical (unpaired) electrons. The van der Waals surface area contributed by atoms with Crippen LogP contribution in [-0.2, 0) is 9.59 Å². The topological polar surface area (TPSA) is 67.4 Å². The lowest BCUT2D eigenvalue weighted by molar-refractivity contribution is -0.137. The van der Waals surface area contributed by atoms with Crippen LogP contribution in [0, 0.1) is 19.8 Å². The van der Waals surface area contributed by atoms with Gasteiger partial charge >= 0.3 is 0 Å². The van der Waals surface area contributed by atoms with E-state index in [1.165, 1.54) is 16.8 Å². The number of likely N-dealkylation sites (N-methyl/N-ethyl adjacent to an activating group) is 1. The van der Waals surface area contributed by atoms with Crippen molar-refractivity contribution in [2.45, 2.75) is 20.3 Å². The van der Waals surface area contributed by atoms with Crippen molar-refractivity contribution in [1.29, 1.82) is 0 Å². The SMILES string of the molecule is Cc1ccc(N2CCN(C(=O)c3ccc(N4CC(C(=O)N5CCN(C)CC5)CC4=O)c(Cl)c3)CC2)c(C)c1.Cl. The molecule has 0 N–H and O–H groups in total. The lowest BCUT2D eigenvalue weighted by Gasteiger charge is -2.37. The Hall–Kier alpha value is -2.81. The lowest BCUT2D eigenvalue weighted by Crippen LogP contribution is -2.49. The second kappa shape index (κ2) is 12.1. The van der Waals surface area contributed by atoms with Crippen LogP contribution in [0.1, 0.15) is 27.9 Å². The van der Waals surface area contributed by atoms with Crippen LogP contribution in [0.15, 0.2) is 36.4 Å². The summed E-state index contributed by atoms with van der Waals surface area (Å²) in [5.41, 5.74) is 4.77. The van der Waals surface area contributed by atoms with Crippen LogP contribution >= 0.6 is 24.0 Å². The van der Waals surface area contributed by atoms with Crippen molar-refractivity contribution in [3.05, 3.63) is 58.1 Å². The highest BCUT2D eigenvalue weighted by molar-refractivity contribution is 6.34. The second-order valence-corrected chi connectivity index (χ2v) is 11.2. The molecule has 0 aromatic heterocycles. The molecule has 5 rings (SSSR count). The lowest BCUT2D eigenvalue weighted by atomic mass is 10.1. The summed E-state index contributed by atoms with van der Waals surface area (Å²) in [7, 11) is 2.05. The number of piperazine rings is 2. The number of halogens is 2. The average molecular weight is 575 g/mol. The van der Waals surface area contributed by atoms with Crippen LogP contribution < -0.4 is 9.80 Å². The quantitative estimate of drug-likeness (QED) is 0.560. The van der Waals surface area contributed by atoms with Gasteiger partial charge in [-0.15, -0.1) is 12.4 Å². The average Bonchev–Trinajstić information content (AvgIpc) is 3.29. The fourth-order valence-electron chi connectivity index (χ4n) is 5.74. The Labute approximate surface area is 241 Å². The molecule has 0 saturated carbocycles. The van der Waals surface area contributed by atoms with E-state index in [1.807, 2.05) is 16.8 Å². The highest BCUT2D eigenvalue weighted by Gasteiger charge is 2.38. The van der Waals surface area contributed by atoms with E-state index in [4.69, 9.17) is 11.6 Å². The van der Waals surface area contributed by atoms with Gasteiger partial charge < -0.3 is 24.5 Å². The molecule has 3 fully saturated rings. The van der Waals surface area contributed by atoms with Crippen molar-refractivity contribution in [1.82, 2.24) is 14.7 Å². The predicted molar refractivity (Wildman–Crippen MR) is 157 cm³/mol. The molecule has 0 bridgehead atoms. The Kier molecular flexibility index (Phi) is 9.09. The van der Waals surface area contributed by atoms with Gasteiger partial charge in [-0.2, -0.15) is 0 Å². The smallest absolute Gasteiger partial charge is 0.254 e. The number of benzene rings is 2. The van der Waals surface area contributed by atoms with Gasteiger partial charge in [0.05, 0.1) is 16.6 Å². The molecule has 3 amide bonds. The first-order valence-electron chi connectivity index (χ1n) is 13.4. The van der Waals surface area contributed by atoms with Gasteiger partial charge in [0, 0.05) is 76.6 Å². The van der Waals surface area contributed by atoms with Crippen molar-refractivity contribution in [3.8, 4) is 0 Å². The van der Waals surface area contributed by atoms with Crippen molar-refractivity contribution in [2.75, 3.05) is 75.8 Å². The van der Waals surface area contributed by atoms with Gasteiger partial charge in [-0.25, -0.2) is 0 Å². The summed E-state index contributed by atoms with van der Waals surface area (Å²) in [4.78, 5) is 49.0. The molecule has 0 spiro atoms. The molecule has 10 heteroatoms. The van der Waals surface area contributed by atoms with Gasteiger partial charge in [-0.05, 0) is 50.7 Å². The minimum absolute atomic E-state index is 0. The molecule has 3 saturated heterocycles. The highest BCUT2D eigenvalue weighted by atomic mass is 35.5. The molecule has 2 aromatic rings. The maximum atomic E-state index is 13.3. The largest absolute Gasteiger partial charge is 0.368 e. The van der Waals surface area contributed by atoms with Gasteiger partial charge in [0.15, 0.2) is 0 Å². The van der Waals surface area contributed by atoms with E-state index >= 15 is 0 Å². The van der Waals surface area contributed by atoms with Gasteiger partial charge in [0.2, 0.25) is 11.8 Å². The number of aryl methyl sites for hydroxylation is 2. The normalized spacial score (nSPS) is 20.3. The van der Waals surface area contributed by atoms with E-state index < -0.39 is 0 Å². The van der Waals surface area contributed by atoms with E-state index in [0.29, 0.717) is 49.0 Å². The number of hydrogen-bond donors (Lipinski definition) is 0. The monoisotopic (exact) mass is 573 g/mol. The minimum atomic E-state index is -0.364. The Morgan fingerprint density at radius 2 is 1.49 bits per heavy atom. The number of nitrogens with zero attached hydrogens (tertiary/aromatic N) is 5. The summed E-state index contributed by atoms with van der Waals surface area (Å²) in [6, 6.07) is 11.6.